The normalized spacial score (nSPS) is 24.0. The first-order chi connectivity index (χ1) is 16.9. The van der Waals surface area contributed by atoms with E-state index in [9.17, 15) is 27.9 Å². The van der Waals surface area contributed by atoms with E-state index in [4.69, 9.17) is 10.5 Å². The average molecular weight is 507 g/mol. The van der Waals surface area contributed by atoms with Crippen molar-refractivity contribution in [3.05, 3.63) is 59.7 Å². The van der Waals surface area contributed by atoms with Crippen LogP contribution in [0, 0.1) is 0 Å². The van der Waals surface area contributed by atoms with Gasteiger partial charge in [-0.15, -0.1) is 0 Å². The fourth-order valence-electron chi connectivity index (χ4n) is 4.88. The standard InChI is InChI=1S/C25H29F3N4O4/c1-23(35,25(26,27)28)17-5-3-16(4-6-17)20(33)32(18-7-8-18)19-9-11-24(12-10-19,15-36-22(29)34)21-30-13-2-14-31-21/h2-6,13-14,18-19,35H,7-12,15H2,1H3,(H2,29,34)/t19?,23-,24?/m0/s1. The number of aliphatic hydroxyl groups is 1. The molecule has 0 bridgehead atoms. The summed E-state index contributed by atoms with van der Waals surface area (Å²) in [6.45, 7) is 0.726. The predicted octanol–water partition coefficient (Wildman–Crippen LogP) is 3.83. The van der Waals surface area contributed by atoms with E-state index in [1.807, 2.05) is 4.90 Å². The molecule has 4 rings (SSSR count). The van der Waals surface area contributed by atoms with Crippen LogP contribution in [0.15, 0.2) is 42.7 Å². The van der Waals surface area contributed by atoms with Crippen LogP contribution < -0.4 is 5.73 Å². The summed E-state index contributed by atoms with van der Waals surface area (Å²) in [5.41, 5.74) is 1.52. The number of primary amides is 1. The molecule has 2 saturated carbocycles. The lowest BCUT2D eigenvalue weighted by atomic mass is 9.71. The minimum Gasteiger partial charge on any atom is -0.449 e. The van der Waals surface area contributed by atoms with Crippen molar-refractivity contribution in [3.8, 4) is 0 Å². The molecular formula is C25H29F3N4O4. The van der Waals surface area contributed by atoms with Crippen LogP contribution in [0.3, 0.4) is 0 Å². The number of benzene rings is 1. The Morgan fingerprint density at radius 1 is 1.08 bits per heavy atom. The van der Waals surface area contributed by atoms with Crippen molar-refractivity contribution in [1.29, 1.82) is 0 Å². The summed E-state index contributed by atoms with van der Waals surface area (Å²) in [6, 6.07) is 6.63. The topological polar surface area (TPSA) is 119 Å². The smallest absolute Gasteiger partial charge is 0.421 e. The third kappa shape index (κ3) is 5.16. The van der Waals surface area contributed by atoms with Gasteiger partial charge in [0.25, 0.3) is 5.91 Å². The predicted molar refractivity (Wildman–Crippen MR) is 123 cm³/mol. The van der Waals surface area contributed by atoms with Gasteiger partial charge in [0.05, 0.1) is 5.41 Å². The molecule has 0 spiro atoms. The first-order valence-electron chi connectivity index (χ1n) is 11.9. The van der Waals surface area contributed by atoms with Crippen LogP contribution in [0.2, 0.25) is 0 Å². The van der Waals surface area contributed by atoms with E-state index < -0.39 is 23.3 Å². The molecule has 0 unspecified atom stereocenters. The molecule has 1 atom stereocenters. The summed E-state index contributed by atoms with van der Waals surface area (Å²) in [6.07, 6.45) is 1.62. The van der Waals surface area contributed by atoms with E-state index >= 15 is 0 Å². The number of ether oxygens (including phenoxy) is 1. The van der Waals surface area contributed by atoms with Crippen LogP contribution >= 0.6 is 0 Å². The molecule has 2 amide bonds. The number of nitrogens with two attached hydrogens (primary N) is 1. The van der Waals surface area contributed by atoms with Gasteiger partial charge in [0.1, 0.15) is 12.4 Å². The van der Waals surface area contributed by atoms with E-state index in [1.54, 1.807) is 18.5 Å². The Kier molecular flexibility index (Phi) is 6.96. The number of hydrogen-bond acceptors (Lipinski definition) is 6. The van der Waals surface area contributed by atoms with Gasteiger partial charge in [-0.1, -0.05) is 12.1 Å². The molecule has 0 radical (unpaired) electrons. The molecule has 2 aliphatic carbocycles. The fraction of sp³-hybridized carbons (Fsp3) is 0.520. The Hall–Kier alpha value is -3.21. The van der Waals surface area contributed by atoms with Crippen LogP contribution in [0.5, 0.6) is 0 Å². The van der Waals surface area contributed by atoms with Crippen molar-refractivity contribution in [1.82, 2.24) is 14.9 Å². The van der Waals surface area contributed by atoms with Crippen LogP contribution in [0.25, 0.3) is 0 Å². The lowest BCUT2D eigenvalue weighted by Gasteiger charge is -2.42. The van der Waals surface area contributed by atoms with Gasteiger partial charge in [0.2, 0.25) is 0 Å². The summed E-state index contributed by atoms with van der Waals surface area (Å²) < 4.78 is 44.7. The van der Waals surface area contributed by atoms with Crippen molar-refractivity contribution < 1.29 is 32.6 Å². The maximum absolute atomic E-state index is 13.5. The van der Waals surface area contributed by atoms with Crippen molar-refractivity contribution >= 4 is 12.0 Å². The second kappa shape index (κ2) is 9.68. The van der Waals surface area contributed by atoms with Gasteiger partial charge in [-0.25, -0.2) is 14.8 Å². The van der Waals surface area contributed by atoms with Crippen LogP contribution in [-0.2, 0) is 15.8 Å². The molecule has 11 heteroatoms. The van der Waals surface area contributed by atoms with Crippen molar-refractivity contribution in [2.45, 2.75) is 74.7 Å². The quantitative estimate of drug-likeness (QED) is 0.589. The molecular weight excluding hydrogens is 477 g/mol. The second-order valence-corrected chi connectivity index (χ2v) is 9.78. The fourth-order valence-corrected chi connectivity index (χ4v) is 4.88. The zero-order valence-electron chi connectivity index (χ0n) is 19.9. The Labute approximate surface area is 206 Å². The molecule has 8 nitrogen and oxygen atoms in total. The number of alkyl halides is 3. The number of aromatic nitrogens is 2. The summed E-state index contributed by atoms with van der Waals surface area (Å²) in [5.74, 6) is 0.304. The number of carbonyl (C=O) groups excluding carboxylic acids is 2. The molecule has 3 N–H and O–H groups in total. The first-order valence-corrected chi connectivity index (χ1v) is 11.9. The molecule has 1 aromatic heterocycles. The van der Waals surface area contributed by atoms with Crippen LogP contribution in [-0.4, -0.2) is 56.8 Å². The zero-order chi connectivity index (χ0) is 26.1. The lowest BCUT2D eigenvalue weighted by molar-refractivity contribution is -0.258. The van der Waals surface area contributed by atoms with E-state index in [0.29, 0.717) is 38.4 Å². The van der Waals surface area contributed by atoms with Gasteiger partial charge in [-0.3, -0.25) is 4.79 Å². The highest BCUT2D eigenvalue weighted by atomic mass is 19.4. The zero-order valence-corrected chi connectivity index (χ0v) is 19.9. The highest BCUT2D eigenvalue weighted by Crippen LogP contribution is 2.43. The van der Waals surface area contributed by atoms with Gasteiger partial charge in [0, 0.05) is 30.0 Å². The molecule has 1 aromatic carbocycles. The minimum absolute atomic E-state index is 0.0387. The first kappa shape index (κ1) is 25.9. The number of hydrogen-bond donors (Lipinski definition) is 2. The number of nitrogens with zero attached hydrogens (tertiary/aromatic N) is 3. The highest BCUT2D eigenvalue weighted by molar-refractivity contribution is 5.95. The summed E-state index contributed by atoms with van der Waals surface area (Å²) in [5, 5.41) is 9.91. The Morgan fingerprint density at radius 3 is 2.14 bits per heavy atom. The van der Waals surface area contributed by atoms with Crippen molar-refractivity contribution in [2.75, 3.05) is 6.61 Å². The molecule has 2 aromatic rings. The van der Waals surface area contributed by atoms with E-state index in [2.05, 4.69) is 9.97 Å². The molecule has 2 fully saturated rings. The minimum atomic E-state index is -4.84. The summed E-state index contributed by atoms with van der Waals surface area (Å²) >= 11 is 0. The van der Waals surface area contributed by atoms with Gasteiger partial charge in [-0.2, -0.15) is 13.2 Å². The molecule has 194 valence electrons. The summed E-state index contributed by atoms with van der Waals surface area (Å²) in [4.78, 5) is 35.3. The highest BCUT2D eigenvalue weighted by Gasteiger charge is 2.51. The third-order valence-corrected chi connectivity index (χ3v) is 7.26. The molecule has 2 aliphatic rings. The average Bonchev–Trinajstić information content (AvgIpc) is 3.69. The summed E-state index contributed by atoms with van der Waals surface area (Å²) in [7, 11) is 0. The monoisotopic (exact) mass is 506 g/mol. The van der Waals surface area contributed by atoms with Crippen LogP contribution in [0.1, 0.15) is 67.2 Å². The third-order valence-electron chi connectivity index (χ3n) is 7.26. The van der Waals surface area contributed by atoms with Gasteiger partial charge in [-0.05, 0) is 69.2 Å². The number of amides is 2. The number of carbonyl (C=O) groups is 2. The largest absolute Gasteiger partial charge is 0.449 e. The van der Waals surface area contributed by atoms with E-state index in [1.165, 1.54) is 12.1 Å². The van der Waals surface area contributed by atoms with Crippen molar-refractivity contribution in [2.24, 2.45) is 5.73 Å². The van der Waals surface area contributed by atoms with E-state index in [-0.39, 0.29) is 35.7 Å². The van der Waals surface area contributed by atoms with Crippen LogP contribution in [0.4, 0.5) is 18.0 Å². The molecule has 0 aliphatic heterocycles. The van der Waals surface area contributed by atoms with Gasteiger partial charge >= 0.3 is 12.3 Å². The maximum atomic E-state index is 13.5. The number of rotatable bonds is 7. The van der Waals surface area contributed by atoms with Crippen molar-refractivity contribution in [3.63, 3.8) is 0 Å². The maximum Gasteiger partial charge on any atom is 0.421 e. The van der Waals surface area contributed by atoms with Gasteiger partial charge < -0.3 is 20.5 Å². The number of halogens is 3. The lowest BCUT2D eigenvalue weighted by Crippen LogP contribution is -2.48. The Morgan fingerprint density at radius 2 is 1.64 bits per heavy atom. The SMILES string of the molecule is C[C@](O)(c1ccc(C(=O)N(C2CC2)C2CCC(COC(N)=O)(c3ncccn3)CC2)cc1)C(F)(F)F. The molecule has 0 saturated heterocycles. The Balaban J connectivity index is 1.51. The van der Waals surface area contributed by atoms with E-state index in [0.717, 1.165) is 25.0 Å². The second-order valence-electron chi connectivity index (χ2n) is 9.78. The molecule has 1 heterocycles. The Bertz CT molecular complexity index is 1080. The molecule has 36 heavy (non-hydrogen) atoms. The van der Waals surface area contributed by atoms with Gasteiger partial charge in [0.15, 0.2) is 5.60 Å².